The highest BCUT2D eigenvalue weighted by Crippen LogP contribution is 2.12. The minimum absolute atomic E-state index is 0.333. The molecule has 0 atom stereocenters. The number of amides is 4. The second-order valence-electron chi connectivity index (χ2n) is 3.62. The molecule has 0 heterocycles. The molecule has 12 heteroatoms. The molecule has 1 aromatic rings. The summed E-state index contributed by atoms with van der Waals surface area (Å²) in [5.41, 5.74) is 1.04. The van der Waals surface area contributed by atoms with Gasteiger partial charge in [0.05, 0.1) is 7.11 Å². The molecule has 0 aromatic heterocycles. The van der Waals surface area contributed by atoms with Gasteiger partial charge in [-0.2, -0.15) is 0 Å². The van der Waals surface area contributed by atoms with Gasteiger partial charge in [0, 0.05) is 0 Å². The number of carbonyl (C=O) groups is 4. The van der Waals surface area contributed by atoms with Crippen molar-refractivity contribution in [2.75, 3.05) is 7.11 Å². The average Bonchev–Trinajstić information content (AvgIpc) is 2.53. The predicted molar refractivity (Wildman–Crippen MR) is 75.4 cm³/mol. The normalized spacial score (nSPS) is 9.92. The van der Waals surface area contributed by atoms with Crippen LogP contribution >= 0.6 is 0 Å². The molecule has 1 rings (SSSR count). The van der Waals surface area contributed by atoms with Crippen molar-refractivity contribution in [3.8, 4) is 5.75 Å². The Hall–Kier alpha value is -3.70. The van der Waals surface area contributed by atoms with Crippen molar-refractivity contribution in [2.24, 2.45) is 20.5 Å². The first-order valence-electron chi connectivity index (χ1n) is 5.90. The van der Waals surface area contributed by atoms with Gasteiger partial charge in [0.15, 0.2) is 0 Å². The third-order valence-corrected chi connectivity index (χ3v) is 1.84. The Labute approximate surface area is 134 Å². The molecule has 0 fully saturated rings. The summed E-state index contributed by atoms with van der Waals surface area (Å²) < 4.78 is 8.92. The van der Waals surface area contributed by atoms with Crippen LogP contribution in [0.5, 0.6) is 5.75 Å². The average molecular weight is 340 g/mol. The maximum atomic E-state index is 11.0. The van der Waals surface area contributed by atoms with Crippen LogP contribution in [0.15, 0.2) is 44.7 Å². The summed E-state index contributed by atoms with van der Waals surface area (Å²) in [5, 5.41) is 25.8. The van der Waals surface area contributed by atoms with Crippen LogP contribution < -0.4 is 4.74 Å². The van der Waals surface area contributed by atoms with E-state index in [9.17, 15) is 19.2 Å². The lowest BCUT2D eigenvalue weighted by atomic mass is 10.2. The zero-order valence-corrected chi connectivity index (χ0v) is 12.4. The summed E-state index contributed by atoms with van der Waals surface area (Å²) in [6, 6.07) is 6.78. The van der Waals surface area contributed by atoms with Crippen molar-refractivity contribution < 1.29 is 38.9 Å². The molecule has 0 spiro atoms. The second-order valence-corrected chi connectivity index (χ2v) is 3.62. The van der Waals surface area contributed by atoms with Gasteiger partial charge >= 0.3 is 24.4 Å². The summed E-state index contributed by atoms with van der Waals surface area (Å²) in [7, 11) is 1.13. The highest BCUT2D eigenvalue weighted by molar-refractivity contribution is 5.74. The Morgan fingerprint density at radius 1 is 0.833 bits per heavy atom. The molecule has 0 bridgehead atoms. The van der Waals surface area contributed by atoms with E-state index in [1.165, 1.54) is 0 Å². The van der Waals surface area contributed by atoms with Crippen molar-refractivity contribution in [3.63, 3.8) is 0 Å². The van der Waals surface area contributed by atoms with Crippen LogP contribution in [0, 0.1) is 6.92 Å². The number of benzene rings is 1. The maximum absolute atomic E-state index is 11.0. The van der Waals surface area contributed by atoms with Gasteiger partial charge in [0.2, 0.25) is 0 Å². The molecule has 0 aliphatic heterocycles. The molecular formula is C12H12N4O8. The zero-order valence-electron chi connectivity index (χ0n) is 12.4. The van der Waals surface area contributed by atoms with Gasteiger partial charge in [0.25, 0.3) is 0 Å². The van der Waals surface area contributed by atoms with Gasteiger partial charge in [-0.1, -0.05) is 38.2 Å². The van der Waals surface area contributed by atoms with E-state index in [2.05, 4.69) is 25.2 Å². The third kappa shape index (κ3) is 11.0. The fourth-order valence-electron chi connectivity index (χ4n) is 0.936. The minimum Gasteiger partial charge on any atom is -0.462 e. The summed E-state index contributed by atoms with van der Waals surface area (Å²) >= 11 is 0. The first kappa shape index (κ1) is 20.3. The number of methoxy groups -OCH3 is 1. The van der Waals surface area contributed by atoms with E-state index < -0.39 is 24.4 Å². The Balaban J connectivity index is 0.000000561. The lowest BCUT2D eigenvalue weighted by Crippen LogP contribution is -2.02. The number of carboxylic acid groups (broad SMARTS) is 2. The van der Waals surface area contributed by atoms with Crippen molar-refractivity contribution in [1.82, 2.24) is 0 Å². The van der Waals surface area contributed by atoms with E-state index in [0.29, 0.717) is 5.75 Å². The highest BCUT2D eigenvalue weighted by Gasteiger charge is 2.04. The van der Waals surface area contributed by atoms with Crippen LogP contribution in [-0.2, 0) is 4.74 Å². The third-order valence-electron chi connectivity index (χ3n) is 1.84. The number of nitrogens with zero attached hydrogens (tertiary/aromatic N) is 4. The molecule has 2 N–H and O–H groups in total. The Morgan fingerprint density at radius 3 is 1.71 bits per heavy atom. The maximum Gasteiger partial charge on any atom is 0.458 e. The predicted octanol–water partition coefficient (Wildman–Crippen LogP) is 3.51. The molecule has 0 radical (unpaired) electrons. The molecule has 0 unspecified atom stereocenters. The van der Waals surface area contributed by atoms with Gasteiger partial charge < -0.3 is 19.7 Å². The van der Waals surface area contributed by atoms with Crippen LogP contribution in [0.3, 0.4) is 0 Å². The van der Waals surface area contributed by atoms with E-state index in [0.717, 1.165) is 12.7 Å². The number of rotatable bonds is 1. The van der Waals surface area contributed by atoms with Crippen LogP contribution in [0.1, 0.15) is 5.56 Å². The summed E-state index contributed by atoms with van der Waals surface area (Å²) in [6.45, 7) is 1.91. The number of ether oxygens (including phenoxy) is 2. The lowest BCUT2D eigenvalue weighted by molar-refractivity contribution is 0.178. The van der Waals surface area contributed by atoms with E-state index >= 15 is 0 Å². The standard InChI is InChI=1S/C10H10N2O4.C2H2N2O4/c1-7-3-5-8(6-4-7)16-10(14)12-11-9(13)15-2;5-1(6)3-4-2(7)8/h3-6H,1-2H3;(H,5,6)(H,7,8). The molecular weight excluding hydrogens is 328 g/mol. The number of hydrogen-bond acceptors (Lipinski definition) is 6. The Kier molecular flexibility index (Phi) is 9.26. The fraction of sp³-hybridized carbons (Fsp3) is 0.167. The van der Waals surface area contributed by atoms with Crippen LogP contribution in [0.2, 0.25) is 0 Å². The van der Waals surface area contributed by atoms with E-state index in [4.69, 9.17) is 14.9 Å². The lowest BCUT2D eigenvalue weighted by Gasteiger charge is -1.99. The summed E-state index contributed by atoms with van der Waals surface area (Å²) in [6.07, 6.45) is -5.17. The van der Waals surface area contributed by atoms with Gasteiger partial charge in [-0.05, 0) is 19.1 Å². The Bertz CT molecular complexity index is 638. The molecule has 24 heavy (non-hydrogen) atoms. The molecule has 128 valence electrons. The van der Waals surface area contributed by atoms with Gasteiger partial charge in [0.1, 0.15) is 5.75 Å². The zero-order chi connectivity index (χ0) is 18.5. The largest absolute Gasteiger partial charge is 0.462 e. The van der Waals surface area contributed by atoms with E-state index in [-0.39, 0.29) is 0 Å². The topological polar surface area (TPSA) is 177 Å². The number of azo groups is 2. The van der Waals surface area contributed by atoms with Gasteiger partial charge in [-0.3, -0.25) is 0 Å². The minimum atomic E-state index is -1.62. The molecule has 0 aliphatic carbocycles. The molecule has 0 saturated carbocycles. The number of carbonyl (C=O) groups excluding carboxylic acids is 2. The SMILES string of the molecule is COC(=O)N=NC(=O)Oc1ccc(C)cc1.O=C(O)N=NC(=O)O. The van der Waals surface area contributed by atoms with Crippen LogP contribution in [0.4, 0.5) is 19.2 Å². The van der Waals surface area contributed by atoms with Crippen LogP contribution in [-0.4, -0.2) is 41.7 Å². The fourth-order valence-corrected chi connectivity index (χ4v) is 0.936. The highest BCUT2D eigenvalue weighted by atomic mass is 16.6. The first-order valence-corrected chi connectivity index (χ1v) is 5.90. The van der Waals surface area contributed by atoms with E-state index in [1.54, 1.807) is 24.3 Å². The van der Waals surface area contributed by atoms with Crippen molar-refractivity contribution >= 4 is 24.4 Å². The summed E-state index contributed by atoms with van der Waals surface area (Å²) in [5.74, 6) is 0.333. The summed E-state index contributed by atoms with van der Waals surface area (Å²) in [4.78, 5) is 40.3. The quantitative estimate of drug-likeness (QED) is 0.729. The molecule has 12 nitrogen and oxygen atoms in total. The molecule has 0 saturated heterocycles. The van der Waals surface area contributed by atoms with Crippen molar-refractivity contribution in [2.45, 2.75) is 6.92 Å². The number of aryl methyl sites for hydroxylation is 1. The van der Waals surface area contributed by atoms with Crippen LogP contribution in [0.25, 0.3) is 0 Å². The smallest absolute Gasteiger partial charge is 0.458 e. The van der Waals surface area contributed by atoms with Crippen molar-refractivity contribution in [1.29, 1.82) is 0 Å². The van der Waals surface area contributed by atoms with Gasteiger partial charge in [-0.15, -0.1) is 0 Å². The molecule has 0 aliphatic rings. The monoisotopic (exact) mass is 340 g/mol. The van der Waals surface area contributed by atoms with Gasteiger partial charge in [-0.25, -0.2) is 19.2 Å². The molecule has 4 amide bonds. The van der Waals surface area contributed by atoms with Crippen molar-refractivity contribution in [3.05, 3.63) is 29.8 Å². The number of hydrogen-bond donors (Lipinski definition) is 2. The first-order chi connectivity index (χ1) is 11.2. The second kappa shape index (κ2) is 10.9. The Morgan fingerprint density at radius 2 is 1.29 bits per heavy atom. The molecule has 1 aromatic carbocycles. The van der Waals surface area contributed by atoms with E-state index in [1.807, 2.05) is 6.92 Å².